The second kappa shape index (κ2) is 9.59. The van der Waals surface area contributed by atoms with Crippen LogP contribution in [0.4, 0.5) is 5.69 Å². The molecule has 2 heterocycles. The lowest BCUT2D eigenvalue weighted by molar-refractivity contribution is -0.904. The van der Waals surface area contributed by atoms with Crippen molar-refractivity contribution in [3.8, 4) is 5.75 Å². The number of rotatable bonds is 7. The maximum atomic E-state index is 5.71. The van der Waals surface area contributed by atoms with Crippen molar-refractivity contribution in [2.24, 2.45) is 0 Å². The molecule has 3 rings (SSSR count). The maximum absolute atomic E-state index is 5.71. The Hall–Kier alpha value is -2.05. The van der Waals surface area contributed by atoms with Gasteiger partial charge in [0.05, 0.1) is 51.8 Å². The third kappa shape index (κ3) is 5.22. The van der Waals surface area contributed by atoms with Crippen molar-refractivity contribution in [2.45, 2.75) is 25.8 Å². The van der Waals surface area contributed by atoms with Crippen molar-refractivity contribution in [3.63, 3.8) is 0 Å². The first-order valence-electron chi connectivity index (χ1n) is 9.31. The molecule has 1 aromatic carbocycles. The number of ether oxygens (including phenoxy) is 1. The molecule has 0 bridgehead atoms. The lowest BCUT2D eigenvalue weighted by atomic mass is 10.1. The van der Waals surface area contributed by atoms with Crippen LogP contribution in [-0.2, 0) is 6.54 Å². The summed E-state index contributed by atoms with van der Waals surface area (Å²) in [6, 6.07) is 11.7. The molecule has 0 amide bonds. The molecule has 1 aromatic heterocycles. The second-order valence-electron chi connectivity index (χ2n) is 6.69. The van der Waals surface area contributed by atoms with Crippen LogP contribution in [0.25, 0.3) is 0 Å². The van der Waals surface area contributed by atoms with Crippen molar-refractivity contribution < 1.29 is 14.1 Å². The van der Waals surface area contributed by atoms with Gasteiger partial charge in [0.2, 0.25) is 0 Å². The molecule has 140 valence electrons. The van der Waals surface area contributed by atoms with Crippen molar-refractivity contribution in [1.29, 1.82) is 0 Å². The Morgan fingerprint density at radius 3 is 2.73 bits per heavy atom. The number of piperidine rings is 1. The normalized spacial score (nSPS) is 14.8. The summed E-state index contributed by atoms with van der Waals surface area (Å²) >= 11 is 5.71. The van der Waals surface area contributed by atoms with Crippen LogP contribution in [0.1, 0.15) is 25.0 Å². The molecular formula is C20H28N3O2S+. The van der Waals surface area contributed by atoms with E-state index in [0.29, 0.717) is 11.7 Å². The van der Waals surface area contributed by atoms with Gasteiger partial charge in [0, 0.05) is 0 Å². The van der Waals surface area contributed by atoms with Crippen LogP contribution in [0.3, 0.4) is 0 Å². The molecule has 2 N–H and O–H groups in total. The van der Waals surface area contributed by atoms with Crippen LogP contribution in [0.15, 0.2) is 47.1 Å². The average molecular weight is 375 g/mol. The lowest BCUT2D eigenvalue weighted by Gasteiger charge is -2.29. The van der Waals surface area contributed by atoms with E-state index in [1.54, 1.807) is 18.3 Å². The largest absolute Gasteiger partial charge is 0.495 e. The van der Waals surface area contributed by atoms with Crippen molar-refractivity contribution in [3.05, 3.63) is 48.4 Å². The zero-order valence-electron chi connectivity index (χ0n) is 15.4. The number of anilines is 1. The molecule has 1 saturated heterocycles. The first-order chi connectivity index (χ1) is 12.8. The predicted molar refractivity (Wildman–Crippen MR) is 108 cm³/mol. The highest BCUT2D eigenvalue weighted by Crippen LogP contribution is 2.23. The van der Waals surface area contributed by atoms with Crippen LogP contribution in [0.5, 0.6) is 5.75 Å². The van der Waals surface area contributed by atoms with Gasteiger partial charge in [0.15, 0.2) is 5.11 Å². The zero-order valence-corrected chi connectivity index (χ0v) is 16.2. The molecule has 5 nitrogen and oxygen atoms in total. The van der Waals surface area contributed by atoms with Gasteiger partial charge in [-0.3, -0.25) is 0 Å². The highest BCUT2D eigenvalue weighted by atomic mass is 32.1. The zero-order chi connectivity index (χ0) is 18.2. The van der Waals surface area contributed by atoms with E-state index in [-0.39, 0.29) is 0 Å². The van der Waals surface area contributed by atoms with Gasteiger partial charge in [-0.25, -0.2) is 0 Å². The molecule has 0 unspecified atom stereocenters. The number of likely N-dealkylation sites (tertiary alicyclic amines) is 1. The Bertz CT molecular complexity index is 684. The molecule has 0 atom stereocenters. The first kappa shape index (κ1) is 18.7. The Morgan fingerprint density at radius 1 is 1.19 bits per heavy atom. The fourth-order valence-corrected chi connectivity index (χ4v) is 3.65. The van der Waals surface area contributed by atoms with Gasteiger partial charge >= 0.3 is 0 Å². The molecule has 1 aliphatic heterocycles. The number of nitrogens with zero attached hydrogens (tertiary/aromatic N) is 1. The van der Waals surface area contributed by atoms with Crippen LogP contribution in [0, 0.1) is 0 Å². The molecule has 0 saturated carbocycles. The van der Waals surface area contributed by atoms with E-state index >= 15 is 0 Å². The SMILES string of the molecule is COc1ccccc1NC(=S)N(CC[NH+]1CCCCC1)Cc1ccco1. The number of nitrogens with one attached hydrogen (secondary N) is 2. The maximum Gasteiger partial charge on any atom is 0.174 e. The molecule has 1 fully saturated rings. The molecule has 0 aliphatic carbocycles. The minimum absolute atomic E-state index is 0.668. The minimum atomic E-state index is 0.668. The average Bonchev–Trinajstić information content (AvgIpc) is 3.19. The summed E-state index contributed by atoms with van der Waals surface area (Å²) in [5, 5.41) is 4.04. The number of methoxy groups -OCH3 is 1. The van der Waals surface area contributed by atoms with E-state index in [4.69, 9.17) is 21.4 Å². The van der Waals surface area contributed by atoms with E-state index in [0.717, 1.165) is 30.3 Å². The molecule has 6 heteroatoms. The molecule has 1 aliphatic rings. The van der Waals surface area contributed by atoms with Crippen LogP contribution in [0.2, 0.25) is 0 Å². The van der Waals surface area contributed by atoms with Crippen LogP contribution < -0.4 is 15.0 Å². The standard InChI is InChI=1S/C20H27N3O2S/c1-24-19-10-4-3-9-18(19)21-20(26)23(16-17-8-7-15-25-17)14-13-22-11-5-2-6-12-22/h3-4,7-10,15H,2,5-6,11-14,16H2,1H3,(H,21,26)/p+1. The third-order valence-corrected chi connectivity index (χ3v) is 5.22. The van der Waals surface area contributed by atoms with E-state index in [1.165, 1.54) is 32.4 Å². The summed E-state index contributed by atoms with van der Waals surface area (Å²) in [5.74, 6) is 1.71. The number of hydrogen-bond acceptors (Lipinski definition) is 3. The van der Waals surface area contributed by atoms with Gasteiger partial charge in [-0.2, -0.15) is 0 Å². The predicted octanol–water partition coefficient (Wildman–Crippen LogP) is 2.56. The van der Waals surface area contributed by atoms with E-state index in [2.05, 4.69) is 10.2 Å². The second-order valence-corrected chi connectivity index (χ2v) is 7.08. The number of furan rings is 1. The molecule has 0 radical (unpaired) electrons. The third-order valence-electron chi connectivity index (χ3n) is 4.86. The van der Waals surface area contributed by atoms with Gasteiger partial charge in [-0.15, -0.1) is 0 Å². The first-order valence-corrected chi connectivity index (χ1v) is 9.72. The fourth-order valence-electron chi connectivity index (χ4n) is 3.38. The molecule has 0 spiro atoms. The monoisotopic (exact) mass is 374 g/mol. The highest BCUT2D eigenvalue weighted by molar-refractivity contribution is 7.80. The molecular weight excluding hydrogens is 346 g/mol. The Balaban J connectivity index is 1.65. The van der Waals surface area contributed by atoms with E-state index in [9.17, 15) is 0 Å². The summed E-state index contributed by atoms with van der Waals surface area (Å²) in [5.41, 5.74) is 0.884. The highest BCUT2D eigenvalue weighted by Gasteiger charge is 2.18. The van der Waals surface area contributed by atoms with Gasteiger partial charge in [-0.05, 0) is 55.7 Å². The smallest absolute Gasteiger partial charge is 0.174 e. The number of thiocarbonyl (C=S) groups is 1. The van der Waals surface area contributed by atoms with Gasteiger partial charge in [0.1, 0.15) is 11.5 Å². The topological polar surface area (TPSA) is 42.1 Å². The van der Waals surface area contributed by atoms with Gasteiger partial charge in [-0.1, -0.05) is 12.1 Å². The van der Waals surface area contributed by atoms with Gasteiger partial charge < -0.3 is 24.3 Å². The van der Waals surface area contributed by atoms with Gasteiger partial charge in [0.25, 0.3) is 0 Å². The number of para-hydroxylation sites is 2. The van der Waals surface area contributed by atoms with E-state index in [1.807, 2.05) is 36.4 Å². The fraction of sp³-hybridized carbons (Fsp3) is 0.450. The summed E-state index contributed by atoms with van der Waals surface area (Å²) in [6.45, 7) is 5.19. The Morgan fingerprint density at radius 2 is 2.00 bits per heavy atom. The van der Waals surface area contributed by atoms with Crippen LogP contribution in [-0.4, -0.2) is 43.3 Å². The van der Waals surface area contributed by atoms with Crippen molar-refractivity contribution >= 4 is 23.0 Å². The van der Waals surface area contributed by atoms with Crippen molar-refractivity contribution in [2.75, 3.05) is 38.6 Å². The summed E-state index contributed by atoms with van der Waals surface area (Å²) < 4.78 is 11.0. The number of hydrogen-bond donors (Lipinski definition) is 2. The number of benzene rings is 1. The Kier molecular flexibility index (Phi) is 6.91. The quantitative estimate of drug-likeness (QED) is 0.729. The number of quaternary nitrogens is 1. The van der Waals surface area contributed by atoms with Crippen molar-refractivity contribution in [1.82, 2.24) is 4.90 Å². The van der Waals surface area contributed by atoms with E-state index < -0.39 is 0 Å². The lowest BCUT2D eigenvalue weighted by Crippen LogP contribution is -3.13. The summed E-state index contributed by atoms with van der Waals surface area (Å²) in [7, 11) is 1.67. The summed E-state index contributed by atoms with van der Waals surface area (Å²) in [4.78, 5) is 3.85. The van der Waals surface area contributed by atoms with Crippen LogP contribution >= 0.6 is 12.2 Å². The molecule has 26 heavy (non-hydrogen) atoms. The Labute approximate surface area is 160 Å². The minimum Gasteiger partial charge on any atom is -0.495 e. The molecule has 2 aromatic rings. The summed E-state index contributed by atoms with van der Waals surface area (Å²) in [6.07, 6.45) is 5.74.